The van der Waals surface area contributed by atoms with Crippen LogP contribution in [-0.2, 0) is 14.8 Å². The number of nitrogen functional groups attached to an aromatic ring is 1. The fraction of sp³-hybridized carbons (Fsp3) is 0.150. The molecule has 146 valence electrons. The lowest BCUT2D eigenvalue weighted by atomic mass is 10.1. The van der Waals surface area contributed by atoms with E-state index in [0.717, 1.165) is 11.3 Å². The van der Waals surface area contributed by atoms with Crippen LogP contribution in [0.5, 0.6) is 0 Å². The number of primary sulfonamides is 1. The molecule has 0 radical (unpaired) electrons. The zero-order valence-electron chi connectivity index (χ0n) is 15.5. The summed E-state index contributed by atoms with van der Waals surface area (Å²) in [7, 11) is -3.79. The molecule has 0 aliphatic heterocycles. The minimum Gasteiger partial charge on any atom is -0.462 e. The first-order valence-corrected chi connectivity index (χ1v) is 10.2. The highest BCUT2D eigenvalue weighted by Gasteiger charge is 2.21. The number of nitrogens with zero attached hydrogens (tertiary/aromatic N) is 1. The Morgan fingerprint density at radius 3 is 2.21 bits per heavy atom. The van der Waals surface area contributed by atoms with Gasteiger partial charge < -0.3 is 15.0 Å². The third kappa shape index (κ3) is 3.78. The Hall–Kier alpha value is -3.10. The van der Waals surface area contributed by atoms with Crippen LogP contribution in [0.4, 0.5) is 5.69 Å². The number of sulfonamides is 1. The lowest BCUT2D eigenvalue weighted by Crippen LogP contribution is -2.12. The fourth-order valence-electron chi connectivity index (χ4n) is 3.01. The van der Waals surface area contributed by atoms with Gasteiger partial charge in [0, 0.05) is 17.1 Å². The quantitative estimate of drug-likeness (QED) is 0.505. The molecule has 2 aromatic carbocycles. The maximum atomic E-state index is 12.4. The summed E-state index contributed by atoms with van der Waals surface area (Å²) in [5.41, 5.74) is 9.81. The van der Waals surface area contributed by atoms with Crippen molar-refractivity contribution in [3.63, 3.8) is 0 Å². The van der Waals surface area contributed by atoms with E-state index in [2.05, 4.69) is 0 Å². The number of nitrogens with two attached hydrogens (primary N) is 2. The van der Waals surface area contributed by atoms with Crippen LogP contribution in [0.15, 0.2) is 59.5 Å². The number of aromatic nitrogens is 1. The van der Waals surface area contributed by atoms with Crippen LogP contribution >= 0.6 is 0 Å². The standard InChI is InChI=1S/C20H21N3O4S/c1-3-27-20(24)18-12-19(14-4-6-15(21)7-5-14)23(13(18)2)16-8-10-17(11-9-16)28(22,25)26/h4-12H,3,21H2,1-2H3,(H2,22,25,26). The zero-order valence-corrected chi connectivity index (χ0v) is 16.4. The van der Waals surface area contributed by atoms with Crippen molar-refractivity contribution in [2.45, 2.75) is 18.7 Å². The number of rotatable bonds is 5. The summed E-state index contributed by atoms with van der Waals surface area (Å²) in [6, 6.07) is 15.2. The second-order valence-electron chi connectivity index (χ2n) is 6.25. The Kier molecular flexibility index (Phi) is 5.26. The van der Waals surface area contributed by atoms with E-state index in [1.807, 2.05) is 16.7 Å². The Bertz CT molecular complexity index is 1120. The molecule has 0 amide bonds. The van der Waals surface area contributed by atoms with E-state index in [9.17, 15) is 13.2 Å². The van der Waals surface area contributed by atoms with Crippen LogP contribution in [0.25, 0.3) is 16.9 Å². The van der Waals surface area contributed by atoms with Gasteiger partial charge in [0.15, 0.2) is 0 Å². The molecule has 0 bridgehead atoms. The van der Waals surface area contributed by atoms with Crippen molar-refractivity contribution < 1.29 is 17.9 Å². The van der Waals surface area contributed by atoms with E-state index >= 15 is 0 Å². The van der Waals surface area contributed by atoms with E-state index in [4.69, 9.17) is 15.6 Å². The number of carbonyl (C=O) groups is 1. The molecule has 7 nitrogen and oxygen atoms in total. The molecule has 0 spiro atoms. The highest BCUT2D eigenvalue weighted by atomic mass is 32.2. The van der Waals surface area contributed by atoms with Gasteiger partial charge >= 0.3 is 5.97 Å². The molecular formula is C20H21N3O4S. The largest absolute Gasteiger partial charge is 0.462 e. The van der Waals surface area contributed by atoms with Crippen molar-refractivity contribution in [2.24, 2.45) is 5.14 Å². The lowest BCUT2D eigenvalue weighted by molar-refractivity contribution is 0.0525. The zero-order chi connectivity index (χ0) is 20.5. The monoisotopic (exact) mass is 399 g/mol. The van der Waals surface area contributed by atoms with Crippen molar-refractivity contribution in [1.82, 2.24) is 4.57 Å². The van der Waals surface area contributed by atoms with Crippen LogP contribution in [0.1, 0.15) is 23.0 Å². The van der Waals surface area contributed by atoms with Crippen LogP contribution in [0, 0.1) is 6.92 Å². The number of ether oxygens (including phenoxy) is 1. The number of hydrogen-bond acceptors (Lipinski definition) is 5. The Morgan fingerprint density at radius 2 is 1.68 bits per heavy atom. The second-order valence-corrected chi connectivity index (χ2v) is 7.81. The molecule has 3 rings (SSSR count). The van der Waals surface area contributed by atoms with Gasteiger partial charge in [-0.15, -0.1) is 0 Å². The lowest BCUT2D eigenvalue weighted by Gasteiger charge is -2.13. The summed E-state index contributed by atoms with van der Waals surface area (Å²) in [5.74, 6) is -0.420. The maximum Gasteiger partial charge on any atom is 0.339 e. The van der Waals surface area contributed by atoms with Crippen molar-refractivity contribution >= 4 is 21.7 Å². The molecule has 0 saturated heterocycles. The summed E-state index contributed by atoms with van der Waals surface area (Å²) < 4.78 is 30.1. The molecule has 0 aliphatic rings. The predicted molar refractivity (Wildman–Crippen MR) is 108 cm³/mol. The fourth-order valence-corrected chi connectivity index (χ4v) is 3.52. The predicted octanol–water partition coefficient (Wildman–Crippen LogP) is 2.86. The summed E-state index contributed by atoms with van der Waals surface area (Å²) >= 11 is 0. The number of esters is 1. The Morgan fingerprint density at radius 1 is 1.07 bits per heavy atom. The van der Waals surface area contributed by atoms with Crippen LogP contribution in [0.2, 0.25) is 0 Å². The molecule has 0 aliphatic carbocycles. The normalized spacial score (nSPS) is 11.4. The Balaban J connectivity index is 2.20. The van der Waals surface area contributed by atoms with Gasteiger partial charge in [0.2, 0.25) is 10.0 Å². The summed E-state index contributed by atoms with van der Waals surface area (Å²) in [4.78, 5) is 12.4. The van der Waals surface area contributed by atoms with E-state index in [1.54, 1.807) is 44.2 Å². The number of hydrogen-bond donors (Lipinski definition) is 2. The third-order valence-corrected chi connectivity index (χ3v) is 5.30. The molecule has 28 heavy (non-hydrogen) atoms. The number of anilines is 1. The molecule has 4 N–H and O–H groups in total. The molecule has 0 unspecified atom stereocenters. The van der Waals surface area contributed by atoms with Gasteiger partial charge in [0.1, 0.15) is 0 Å². The average molecular weight is 399 g/mol. The topological polar surface area (TPSA) is 117 Å². The van der Waals surface area contributed by atoms with Gasteiger partial charge in [0.25, 0.3) is 0 Å². The van der Waals surface area contributed by atoms with E-state index in [0.29, 0.717) is 22.6 Å². The molecule has 0 fully saturated rings. The minimum absolute atomic E-state index is 0.0145. The van der Waals surface area contributed by atoms with Gasteiger partial charge in [-0.2, -0.15) is 0 Å². The first-order valence-electron chi connectivity index (χ1n) is 8.61. The van der Waals surface area contributed by atoms with Gasteiger partial charge in [-0.25, -0.2) is 18.4 Å². The highest BCUT2D eigenvalue weighted by molar-refractivity contribution is 7.89. The van der Waals surface area contributed by atoms with Gasteiger partial charge in [0.05, 0.1) is 22.8 Å². The Labute approximate surface area is 163 Å². The van der Waals surface area contributed by atoms with Gasteiger partial charge in [-0.3, -0.25) is 0 Å². The number of carbonyl (C=O) groups excluding carboxylic acids is 1. The smallest absolute Gasteiger partial charge is 0.339 e. The second kappa shape index (κ2) is 7.49. The molecular weight excluding hydrogens is 378 g/mol. The van der Waals surface area contributed by atoms with Crippen LogP contribution < -0.4 is 10.9 Å². The van der Waals surface area contributed by atoms with E-state index in [1.165, 1.54) is 12.1 Å². The molecule has 1 aromatic heterocycles. The molecule has 1 heterocycles. The number of benzene rings is 2. The average Bonchev–Trinajstić information content (AvgIpc) is 2.99. The van der Waals surface area contributed by atoms with Gasteiger partial charge in [-0.05, 0) is 61.9 Å². The van der Waals surface area contributed by atoms with Crippen LogP contribution in [-0.4, -0.2) is 25.6 Å². The first-order chi connectivity index (χ1) is 13.2. The van der Waals surface area contributed by atoms with Crippen molar-refractivity contribution in [3.05, 3.63) is 65.9 Å². The first kappa shape index (κ1) is 19.7. The SMILES string of the molecule is CCOC(=O)c1cc(-c2ccc(N)cc2)n(-c2ccc(S(N)(=O)=O)cc2)c1C. The van der Waals surface area contributed by atoms with Crippen molar-refractivity contribution in [1.29, 1.82) is 0 Å². The van der Waals surface area contributed by atoms with Crippen LogP contribution in [0.3, 0.4) is 0 Å². The summed E-state index contributed by atoms with van der Waals surface area (Å²) in [5, 5.41) is 5.18. The minimum atomic E-state index is -3.79. The third-order valence-electron chi connectivity index (χ3n) is 4.37. The van der Waals surface area contributed by atoms with E-state index in [-0.39, 0.29) is 11.5 Å². The van der Waals surface area contributed by atoms with Gasteiger partial charge in [-0.1, -0.05) is 12.1 Å². The van der Waals surface area contributed by atoms with Crippen molar-refractivity contribution in [3.8, 4) is 16.9 Å². The summed E-state index contributed by atoms with van der Waals surface area (Å²) in [6.07, 6.45) is 0. The summed E-state index contributed by atoms with van der Waals surface area (Å²) in [6.45, 7) is 3.82. The van der Waals surface area contributed by atoms with Crippen molar-refractivity contribution in [2.75, 3.05) is 12.3 Å². The highest BCUT2D eigenvalue weighted by Crippen LogP contribution is 2.31. The molecule has 3 aromatic rings. The molecule has 0 atom stereocenters. The maximum absolute atomic E-state index is 12.4. The van der Waals surface area contributed by atoms with E-state index < -0.39 is 16.0 Å². The molecule has 8 heteroatoms. The molecule has 0 saturated carbocycles.